The Labute approximate surface area is 161 Å². The van der Waals surface area contributed by atoms with Gasteiger partial charge >= 0.3 is 5.97 Å². The second kappa shape index (κ2) is 9.50. The first-order chi connectivity index (χ1) is 13.0. The Kier molecular flexibility index (Phi) is 7.08. The van der Waals surface area contributed by atoms with Crippen LogP contribution in [0.1, 0.15) is 15.9 Å². The number of hydrogen-bond acceptors (Lipinski definition) is 7. The van der Waals surface area contributed by atoms with Crippen molar-refractivity contribution in [3.05, 3.63) is 47.5 Å². The SMILES string of the molecule is COc1cccc(OC)c1C(=O)OCC(=O)Nc1ccc(SC#N)cc1C. The minimum absolute atomic E-state index is 0.115. The van der Waals surface area contributed by atoms with Gasteiger partial charge in [-0.25, -0.2) is 4.79 Å². The second-order valence-corrected chi connectivity index (χ2v) is 6.19. The van der Waals surface area contributed by atoms with Gasteiger partial charge in [-0.05, 0) is 54.6 Å². The van der Waals surface area contributed by atoms with Crippen molar-refractivity contribution in [2.45, 2.75) is 11.8 Å². The van der Waals surface area contributed by atoms with E-state index in [-0.39, 0.29) is 5.56 Å². The zero-order chi connectivity index (χ0) is 19.8. The number of methoxy groups -OCH3 is 2. The van der Waals surface area contributed by atoms with Crippen molar-refractivity contribution in [2.75, 3.05) is 26.1 Å². The summed E-state index contributed by atoms with van der Waals surface area (Å²) in [5.41, 5.74) is 1.49. The van der Waals surface area contributed by atoms with Crippen LogP contribution in [-0.2, 0) is 9.53 Å². The summed E-state index contributed by atoms with van der Waals surface area (Å²) < 4.78 is 15.4. The summed E-state index contributed by atoms with van der Waals surface area (Å²) in [5.74, 6) is -0.625. The minimum Gasteiger partial charge on any atom is -0.496 e. The fourth-order valence-corrected chi connectivity index (χ4v) is 2.81. The largest absolute Gasteiger partial charge is 0.496 e. The minimum atomic E-state index is -0.725. The Balaban J connectivity index is 2.02. The summed E-state index contributed by atoms with van der Waals surface area (Å²) in [6, 6.07) is 10.1. The highest BCUT2D eigenvalue weighted by Gasteiger charge is 2.20. The number of rotatable bonds is 7. The zero-order valence-corrected chi connectivity index (χ0v) is 15.9. The molecule has 7 nitrogen and oxygen atoms in total. The third kappa shape index (κ3) is 5.15. The van der Waals surface area contributed by atoms with Crippen LogP contribution in [0.4, 0.5) is 5.69 Å². The van der Waals surface area contributed by atoms with Gasteiger partial charge in [-0.3, -0.25) is 4.79 Å². The van der Waals surface area contributed by atoms with E-state index in [2.05, 4.69) is 5.32 Å². The third-order valence-corrected chi connectivity index (χ3v) is 4.18. The van der Waals surface area contributed by atoms with E-state index in [0.29, 0.717) is 17.2 Å². The maximum atomic E-state index is 12.3. The van der Waals surface area contributed by atoms with Gasteiger partial charge in [0.15, 0.2) is 6.61 Å². The van der Waals surface area contributed by atoms with Crippen LogP contribution < -0.4 is 14.8 Å². The van der Waals surface area contributed by atoms with Gasteiger partial charge in [0.2, 0.25) is 0 Å². The van der Waals surface area contributed by atoms with E-state index in [9.17, 15) is 9.59 Å². The molecule has 8 heteroatoms. The molecule has 0 spiro atoms. The summed E-state index contributed by atoms with van der Waals surface area (Å²) in [6.45, 7) is 1.34. The Morgan fingerprint density at radius 1 is 1.15 bits per heavy atom. The lowest BCUT2D eigenvalue weighted by atomic mass is 10.2. The molecule has 0 saturated carbocycles. The Morgan fingerprint density at radius 3 is 2.37 bits per heavy atom. The van der Waals surface area contributed by atoms with Crippen LogP contribution >= 0.6 is 11.8 Å². The van der Waals surface area contributed by atoms with Crippen molar-refractivity contribution in [3.63, 3.8) is 0 Å². The lowest BCUT2D eigenvalue weighted by Gasteiger charge is -2.13. The molecule has 27 heavy (non-hydrogen) atoms. The van der Waals surface area contributed by atoms with E-state index < -0.39 is 18.5 Å². The fourth-order valence-electron chi connectivity index (χ4n) is 2.33. The molecule has 0 radical (unpaired) electrons. The molecule has 0 bridgehead atoms. The molecule has 0 unspecified atom stereocenters. The fraction of sp³-hybridized carbons (Fsp3) is 0.211. The molecule has 2 aromatic rings. The summed E-state index contributed by atoms with van der Waals surface area (Å²) >= 11 is 1.04. The first kappa shape index (κ1) is 20.1. The molecule has 0 saturated heterocycles. The number of ether oxygens (including phenoxy) is 3. The van der Waals surface area contributed by atoms with Gasteiger partial charge in [-0.15, -0.1) is 0 Å². The van der Waals surface area contributed by atoms with E-state index in [1.165, 1.54) is 14.2 Å². The average molecular weight is 386 g/mol. The van der Waals surface area contributed by atoms with Gasteiger partial charge in [0.05, 0.1) is 14.2 Å². The predicted molar refractivity (Wildman–Crippen MR) is 101 cm³/mol. The number of carbonyl (C=O) groups excluding carboxylic acids is 2. The van der Waals surface area contributed by atoms with Gasteiger partial charge in [0.1, 0.15) is 22.5 Å². The number of nitrogens with zero attached hydrogens (tertiary/aromatic N) is 1. The quantitative estimate of drug-likeness (QED) is 0.442. The zero-order valence-electron chi connectivity index (χ0n) is 15.1. The monoisotopic (exact) mass is 386 g/mol. The first-order valence-corrected chi connectivity index (χ1v) is 8.66. The maximum absolute atomic E-state index is 12.3. The molecule has 1 amide bonds. The number of thiocyanates is 1. The van der Waals surface area contributed by atoms with Gasteiger partial charge in [0, 0.05) is 10.6 Å². The number of carbonyl (C=O) groups is 2. The molecule has 1 N–H and O–H groups in total. The number of esters is 1. The van der Waals surface area contributed by atoms with E-state index in [1.54, 1.807) is 36.4 Å². The molecular weight excluding hydrogens is 368 g/mol. The summed E-state index contributed by atoms with van der Waals surface area (Å²) in [4.78, 5) is 25.2. The molecule has 0 atom stereocenters. The molecule has 0 aromatic heterocycles. The molecule has 2 rings (SSSR count). The molecule has 140 valence electrons. The Hall–Kier alpha value is -3.18. The smallest absolute Gasteiger partial charge is 0.346 e. The highest BCUT2D eigenvalue weighted by molar-refractivity contribution is 8.03. The van der Waals surface area contributed by atoms with Crippen LogP contribution in [0.5, 0.6) is 11.5 Å². The Bertz CT molecular complexity index is 870. The summed E-state index contributed by atoms with van der Waals surface area (Å²) in [7, 11) is 2.85. The molecular formula is C19H18N2O5S. The van der Waals surface area contributed by atoms with Crippen molar-refractivity contribution < 1.29 is 23.8 Å². The number of benzene rings is 2. The lowest BCUT2D eigenvalue weighted by molar-refractivity contribution is -0.119. The van der Waals surface area contributed by atoms with Crippen molar-refractivity contribution in [2.24, 2.45) is 0 Å². The number of thioether (sulfide) groups is 1. The Morgan fingerprint density at radius 2 is 1.81 bits per heavy atom. The van der Waals surface area contributed by atoms with Crippen molar-refractivity contribution in [1.82, 2.24) is 0 Å². The highest BCUT2D eigenvalue weighted by atomic mass is 32.2. The maximum Gasteiger partial charge on any atom is 0.346 e. The molecule has 0 heterocycles. The van der Waals surface area contributed by atoms with E-state index in [4.69, 9.17) is 19.5 Å². The van der Waals surface area contributed by atoms with Crippen LogP contribution in [-0.4, -0.2) is 32.7 Å². The number of nitrogens with one attached hydrogen (secondary N) is 1. The topological polar surface area (TPSA) is 97.7 Å². The average Bonchev–Trinajstić information content (AvgIpc) is 2.67. The predicted octanol–water partition coefficient (Wildman–Crippen LogP) is 3.38. The van der Waals surface area contributed by atoms with Crippen LogP contribution in [0.3, 0.4) is 0 Å². The van der Waals surface area contributed by atoms with Crippen molar-refractivity contribution in [1.29, 1.82) is 5.26 Å². The van der Waals surface area contributed by atoms with Crippen LogP contribution in [0.15, 0.2) is 41.3 Å². The van der Waals surface area contributed by atoms with Crippen LogP contribution in [0.2, 0.25) is 0 Å². The number of nitriles is 1. The lowest BCUT2D eigenvalue weighted by Crippen LogP contribution is -2.21. The molecule has 0 fully saturated rings. The normalized spacial score (nSPS) is 9.85. The van der Waals surface area contributed by atoms with Gasteiger partial charge < -0.3 is 19.5 Å². The van der Waals surface area contributed by atoms with E-state index >= 15 is 0 Å². The standard InChI is InChI=1S/C19H18N2O5S/c1-12-9-13(27-11-20)7-8-14(12)21-17(22)10-26-19(23)18-15(24-2)5-4-6-16(18)25-3/h4-9H,10H2,1-3H3,(H,21,22). The van der Waals surface area contributed by atoms with E-state index in [0.717, 1.165) is 22.2 Å². The van der Waals surface area contributed by atoms with Crippen molar-refractivity contribution in [3.8, 4) is 16.9 Å². The summed E-state index contributed by atoms with van der Waals surface area (Å²) in [5, 5.41) is 13.4. The number of amides is 1. The van der Waals surface area contributed by atoms with Crippen LogP contribution in [0.25, 0.3) is 0 Å². The highest BCUT2D eigenvalue weighted by Crippen LogP contribution is 2.29. The molecule has 0 aliphatic carbocycles. The summed E-state index contributed by atoms with van der Waals surface area (Å²) in [6.07, 6.45) is 0. The number of aryl methyl sites for hydroxylation is 1. The third-order valence-electron chi connectivity index (χ3n) is 3.60. The molecule has 2 aromatic carbocycles. The number of anilines is 1. The van der Waals surface area contributed by atoms with Gasteiger partial charge in [-0.2, -0.15) is 5.26 Å². The van der Waals surface area contributed by atoms with Gasteiger partial charge in [0.25, 0.3) is 5.91 Å². The molecule has 0 aliphatic rings. The van der Waals surface area contributed by atoms with Crippen LogP contribution in [0, 0.1) is 17.6 Å². The second-order valence-electron chi connectivity index (χ2n) is 5.33. The first-order valence-electron chi connectivity index (χ1n) is 7.84. The number of hydrogen-bond donors (Lipinski definition) is 1. The van der Waals surface area contributed by atoms with Gasteiger partial charge in [-0.1, -0.05) is 6.07 Å². The van der Waals surface area contributed by atoms with Crippen molar-refractivity contribution >= 4 is 29.3 Å². The van der Waals surface area contributed by atoms with E-state index in [1.807, 2.05) is 12.3 Å². The molecule has 0 aliphatic heterocycles.